The number of primary sulfonamides is 1. The molecule has 1 amide bonds. The topological polar surface area (TPSA) is 80.5 Å². The number of carbonyl (C=O) groups is 1. The summed E-state index contributed by atoms with van der Waals surface area (Å²) in [4.78, 5) is 15.1. The van der Waals surface area contributed by atoms with E-state index in [4.69, 9.17) is 5.14 Å². The number of carbonyl (C=O) groups excluding carboxylic acids is 1. The Labute approximate surface area is 129 Å². The fraction of sp³-hybridized carbons (Fsp3) is 0.500. The van der Waals surface area contributed by atoms with Crippen LogP contribution in [0.3, 0.4) is 0 Å². The highest BCUT2D eigenvalue weighted by atomic mass is 32.2. The zero-order valence-electron chi connectivity index (χ0n) is 12.0. The minimum Gasteiger partial charge on any atom is -0.339 e. The largest absolute Gasteiger partial charge is 0.339 e. The Bertz CT molecular complexity index is 599. The molecule has 1 heterocycles. The molecule has 116 valence electrons. The first-order valence-electron chi connectivity index (χ1n) is 6.93. The summed E-state index contributed by atoms with van der Waals surface area (Å²) >= 11 is 1.42. The molecular formula is C14H20N2O3S2. The van der Waals surface area contributed by atoms with Crippen molar-refractivity contribution < 1.29 is 13.2 Å². The van der Waals surface area contributed by atoms with Crippen molar-refractivity contribution in [1.29, 1.82) is 0 Å². The summed E-state index contributed by atoms with van der Waals surface area (Å²) < 4.78 is 22.3. The lowest BCUT2D eigenvalue weighted by Gasteiger charge is -2.33. The van der Waals surface area contributed by atoms with Gasteiger partial charge in [0.05, 0.1) is 10.6 Å². The molecule has 1 aliphatic heterocycles. The number of thioether (sulfide) groups is 1. The van der Waals surface area contributed by atoms with Crippen LogP contribution in [0.5, 0.6) is 0 Å². The molecule has 7 heteroatoms. The van der Waals surface area contributed by atoms with Gasteiger partial charge in [0.2, 0.25) is 15.9 Å². The molecule has 21 heavy (non-hydrogen) atoms. The molecule has 0 spiro atoms. The monoisotopic (exact) mass is 328 g/mol. The quantitative estimate of drug-likeness (QED) is 0.855. The molecule has 1 saturated heterocycles. The van der Waals surface area contributed by atoms with E-state index in [2.05, 4.69) is 6.92 Å². The van der Waals surface area contributed by atoms with Gasteiger partial charge >= 0.3 is 0 Å². The summed E-state index contributed by atoms with van der Waals surface area (Å²) in [7, 11) is -3.66. The molecule has 0 radical (unpaired) electrons. The molecule has 1 fully saturated rings. The Balaban J connectivity index is 1.92. The van der Waals surface area contributed by atoms with E-state index in [9.17, 15) is 13.2 Å². The molecular weight excluding hydrogens is 308 g/mol. The van der Waals surface area contributed by atoms with Gasteiger partial charge in [-0.3, -0.25) is 4.79 Å². The van der Waals surface area contributed by atoms with Crippen molar-refractivity contribution in [1.82, 2.24) is 4.90 Å². The molecule has 2 N–H and O–H groups in total. The second kappa shape index (κ2) is 6.81. The van der Waals surface area contributed by atoms with Crippen LogP contribution in [0.4, 0.5) is 0 Å². The van der Waals surface area contributed by atoms with E-state index in [1.54, 1.807) is 12.1 Å². The van der Waals surface area contributed by atoms with E-state index in [0.717, 1.165) is 24.3 Å². The zero-order chi connectivity index (χ0) is 15.5. The average Bonchev–Trinajstić information content (AvgIpc) is 2.45. The summed E-state index contributed by atoms with van der Waals surface area (Å²) in [5.41, 5.74) is 0. The fourth-order valence-electron chi connectivity index (χ4n) is 2.42. The molecule has 0 saturated carbocycles. The van der Waals surface area contributed by atoms with Crippen molar-refractivity contribution in [2.24, 2.45) is 5.14 Å². The smallest absolute Gasteiger partial charge is 0.238 e. The third-order valence-corrected chi connectivity index (χ3v) is 5.56. The SMILES string of the molecule is CC1CCCCN1C(=O)CSc1ccc(S(N)(=O)=O)cc1. The van der Waals surface area contributed by atoms with Crippen LogP contribution in [0.1, 0.15) is 26.2 Å². The number of benzene rings is 1. The van der Waals surface area contributed by atoms with E-state index in [0.29, 0.717) is 11.8 Å². The third kappa shape index (κ3) is 4.46. The maximum Gasteiger partial charge on any atom is 0.238 e. The van der Waals surface area contributed by atoms with E-state index in [-0.39, 0.29) is 10.8 Å². The Morgan fingerprint density at radius 3 is 2.57 bits per heavy atom. The van der Waals surface area contributed by atoms with Crippen LogP contribution in [-0.2, 0) is 14.8 Å². The Kier molecular flexibility index (Phi) is 5.29. The van der Waals surface area contributed by atoms with Gasteiger partial charge in [-0.2, -0.15) is 0 Å². The molecule has 1 aromatic carbocycles. The molecule has 1 unspecified atom stereocenters. The highest BCUT2D eigenvalue weighted by molar-refractivity contribution is 8.00. The van der Waals surface area contributed by atoms with E-state index < -0.39 is 10.0 Å². The van der Waals surface area contributed by atoms with Crippen molar-refractivity contribution in [2.75, 3.05) is 12.3 Å². The van der Waals surface area contributed by atoms with Crippen molar-refractivity contribution in [3.05, 3.63) is 24.3 Å². The fourth-order valence-corrected chi connectivity index (χ4v) is 3.72. The number of hydrogen-bond acceptors (Lipinski definition) is 4. The van der Waals surface area contributed by atoms with Gasteiger partial charge in [0, 0.05) is 17.5 Å². The number of hydrogen-bond donors (Lipinski definition) is 1. The van der Waals surface area contributed by atoms with E-state index >= 15 is 0 Å². The summed E-state index contributed by atoms with van der Waals surface area (Å²) in [6, 6.07) is 6.60. The minimum absolute atomic E-state index is 0.0860. The normalized spacial score (nSPS) is 19.5. The first-order valence-corrected chi connectivity index (χ1v) is 9.46. The first kappa shape index (κ1) is 16.3. The van der Waals surface area contributed by atoms with Crippen LogP contribution in [0.2, 0.25) is 0 Å². The number of amides is 1. The number of sulfonamides is 1. The van der Waals surface area contributed by atoms with Crippen LogP contribution in [0.25, 0.3) is 0 Å². The Morgan fingerprint density at radius 2 is 2.00 bits per heavy atom. The van der Waals surface area contributed by atoms with Gasteiger partial charge in [-0.05, 0) is 50.5 Å². The lowest BCUT2D eigenvalue weighted by molar-refractivity contribution is -0.131. The van der Waals surface area contributed by atoms with Crippen molar-refractivity contribution in [2.45, 2.75) is 42.0 Å². The number of likely N-dealkylation sites (tertiary alicyclic amines) is 1. The standard InChI is InChI=1S/C14H20N2O3S2/c1-11-4-2-3-9-16(11)14(17)10-20-12-5-7-13(8-6-12)21(15,18)19/h5-8,11H,2-4,9-10H2,1H3,(H2,15,18,19). The van der Waals surface area contributed by atoms with E-state index in [1.165, 1.54) is 30.3 Å². The van der Waals surface area contributed by atoms with Gasteiger partial charge in [0.15, 0.2) is 0 Å². The molecule has 0 aliphatic carbocycles. The molecule has 1 aliphatic rings. The van der Waals surface area contributed by atoms with E-state index in [1.807, 2.05) is 4.90 Å². The zero-order valence-corrected chi connectivity index (χ0v) is 13.6. The molecule has 2 rings (SSSR count). The second-order valence-corrected chi connectivity index (χ2v) is 7.85. The number of nitrogens with zero attached hydrogens (tertiary/aromatic N) is 1. The highest BCUT2D eigenvalue weighted by Gasteiger charge is 2.22. The highest BCUT2D eigenvalue weighted by Crippen LogP contribution is 2.22. The van der Waals surface area contributed by atoms with Crippen LogP contribution in [-0.4, -0.2) is 37.6 Å². The van der Waals surface area contributed by atoms with Crippen LogP contribution in [0.15, 0.2) is 34.1 Å². The number of piperidine rings is 1. The molecule has 5 nitrogen and oxygen atoms in total. The molecule has 1 aromatic rings. The van der Waals surface area contributed by atoms with Gasteiger partial charge in [0.25, 0.3) is 0 Å². The lowest BCUT2D eigenvalue weighted by atomic mass is 10.0. The predicted octanol–water partition coefficient (Wildman–Crippen LogP) is 1.83. The molecule has 0 aromatic heterocycles. The Hall–Kier alpha value is -1.05. The van der Waals surface area contributed by atoms with Crippen molar-refractivity contribution in [3.63, 3.8) is 0 Å². The lowest BCUT2D eigenvalue weighted by Crippen LogP contribution is -2.42. The predicted molar refractivity (Wildman–Crippen MR) is 83.6 cm³/mol. The Morgan fingerprint density at radius 1 is 1.33 bits per heavy atom. The summed E-state index contributed by atoms with van der Waals surface area (Å²) in [6.45, 7) is 2.92. The summed E-state index contributed by atoms with van der Waals surface area (Å²) in [6.07, 6.45) is 3.33. The number of rotatable bonds is 4. The van der Waals surface area contributed by atoms with Crippen LogP contribution in [0, 0.1) is 0 Å². The van der Waals surface area contributed by atoms with Crippen molar-refractivity contribution in [3.8, 4) is 0 Å². The van der Waals surface area contributed by atoms with Crippen molar-refractivity contribution >= 4 is 27.7 Å². The maximum atomic E-state index is 12.2. The molecule has 1 atom stereocenters. The molecule has 0 bridgehead atoms. The second-order valence-electron chi connectivity index (χ2n) is 5.24. The summed E-state index contributed by atoms with van der Waals surface area (Å²) in [5.74, 6) is 0.515. The van der Waals surface area contributed by atoms with Crippen LogP contribution < -0.4 is 5.14 Å². The van der Waals surface area contributed by atoms with Crippen LogP contribution >= 0.6 is 11.8 Å². The average molecular weight is 328 g/mol. The summed E-state index contributed by atoms with van der Waals surface area (Å²) in [5, 5.41) is 5.05. The number of nitrogens with two attached hydrogens (primary N) is 1. The van der Waals surface area contributed by atoms with Gasteiger partial charge < -0.3 is 4.90 Å². The minimum atomic E-state index is -3.66. The van der Waals surface area contributed by atoms with Gasteiger partial charge in [-0.15, -0.1) is 11.8 Å². The first-order chi connectivity index (χ1) is 9.88. The third-order valence-electron chi connectivity index (χ3n) is 3.64. The van der Waals surface area contributed by atoms with Gasteiger partial charge in [-0.25, -0.2) is 13.6 Å². The van der Waals surface area contributed by atoms with Gasteiger partial charge in [-0.1, -0.05) is 0 Å². The van der Waals surface area contributed by atoms with Gasteiger partial charge in [0.1, 0.15) is 0 Å². The maximum absolute atomic E-state index is 12.2.